The summed E-state index contributed by atoms with van der Waals surface area (Å²) in [4.78, 5) is 23.5. The molecule has 0 aliphatic carbocycles. The fourth-order valence-electron chi connectivity index (χ4n) is 4.00. The molecule has 0 bridgehead atoms. The molecule has 4 heterocycles. The molecule has 10 nitrogen and oxygen atoms in total. The van der Waals surface area contributed by atoms with E-state index in [0.29, 0.717) is 22.1 Å². The van der Waals surface area contributed by atoms with Gasteiger partial charge in [0.15, 0.2) is 12.4 Å². The van der Waals surface area contributed by atoms with Crippen LogP contribution in [0, 0.1) is 0 Å². The van der Waals surface area contributed by atoms with Crippen LogP contribution in [0.1, 0.15) is 29.9 Å². The molecule has 0 spiro atoms. The van der Waals surface area contributed by atoms with Gasteiger partial charge in [-0.15, -0.1) is 21.5 Å². The Kier molecular flexibility index (Phi) is 6.58. The molecule has 0 saturated carbocycles. The number of anilines is 1. The maximum absolute atomic E-state index is 13.3. The SMILES string of the molecule is CCCc1cc2c(N3CCn4c(nnc4C(F)(F)F)C3)nc(Oc3ccc(OCC(=O)O)cc3)nc2s1. The molecule has 3 aromatic heterocycles. The predicted octanol–water partition coefficient (Wildman–Crippen LogP) is 4.53. The summed E-state index contributed by atoms with van der Waals surface area (Å²) in [6.45, 7) is 2.04. The molecule has 0 fully saturated rings. The van der Waals surface area contributed by atoms with E-state index in [9.17, 15) is 18.0 Å². The lowest BCUT2D eigenvalue weighted by Crippen LogP contribution is -2.36. The number of aromatic nitrogens is 5. The van der Waals surface area contributed by atoms with Crippen LogP contribution >= 0.6 is 11.3 Å². The van der Waals surface area contributed by atoms with Crippen LogP contribution in [0.2, 0.25) is 0 Å². The Morgan fingerprint density at radius 1 is 1.14 bits per heavy atom. The first-order valence-electron chi connectivity index (χ1n) is 11.4. The number of thiophene rings is 1. The van der Waals surface area contributed by atoms with Gasteiger partial charge >= 0.3 is 18.2 Å². The van der Waals surface area contributed by atoms with Crippen molar-refractivity contribution in [2.24, 2.45) is 0 Å². The zero-order valence-corrected chi connectivity index (χ0v) is 20.3. The molecular formula is C23H21F3N6O4S. The Balaban J connectivity index is 1.45. The summed E-state index contributed by atoms with van der Waals surface area (Å²) in [6.07, 6.45) is -2.77. The maximum atomic E-state index is 13.3. The van der Waals surface area contributed by atoms with E-state index in [0.717, 1.165) is 27.7 Å². The summed E-state index contributed by atoms with van der Waals surface area (Å²) in [6, 6.07) is 8.43. The number of carboxylic acids is 1. The van der Waals surface area contributed by atoms with E-state index in [2.05, 4.69) is 27.1 Å². The first-order chi connectivity index (χ1) is 17.7. The molecule has 4 aromatic rings. The zero-order chi connectivity index (χ0) is 26.2. The van der Waals surface area contributed by atoms with E-state index in [-0.39, 0.29) is 31.5 Å². The van der Waals surface area contributed by atoms with Crippen molar-refractivity contribution in [3.8, 4) is 17.5 Å². The number of fused-ring (bicyclic) bond motifs is 2. The van der Waals surface area contributed by atoms with E-state index >= 15 is 0 Å². The lowest BCUT2D eigenvalue weighted by molar-refractivity contribution is -0.147. The van der Waals surface area contributed by atoms with E-state index < -0.39 is 24.6 Å². The second-order valence-corrected chi connectivity index (χ2v) is 9.39. The highest BCUT2D eigenvalue weighted by atomic mass is 32.1. The van der Waals surface area contributed by atoms with Crippen molar-refractivity contribution in [1.82, 2.24) is 24.7 Å². The Bertz CT molecular complexity index is 1440. The van der Waals surface area contributed by atoms with Crippen LogP contribution in [0.3, 0.4) is 0 Å². The second-order valence-electron chi connectivity index (χ2n) is 8.28. The van der Waals surface area contributed by atoms with Crippen molar-refractivity contribution in [2.45, 2.75) is 39.0 Å². The maximum Gasteiger partial charge on any atom is 0.451 e. The molecule has 1 aliphatic rings. The third kappa shape index (κ3) is 5.28. The summed E-state index contributed by atoms with van der Waals surface area (Å²) in [5.41, 5.74) is 0. The molecule has 194 valence electrons. The number of rotatable bonds is 8. The van der Waals surface area contributed by atoms with E-state index in [1.165, 1.54) is 11.3 Å². The largest absolute Gasteiger partial charge is 0.482 e. The van der Waals surface area contributed by atoms with Crippen LogP contribution in [0.5, 0.6) is 17.5 Å². The Morgan fingerprint density at radius 3 is 2.59 bits per heavy atom. The third-order valence-electron chi connectivity index (χ3n) is 5.60. The van der Waals surface area contributed by atoms with Crippen LogP contribution in [-0.2, 0) is 30.5 Å². The Morgan fingerprint density at radius 2 is 1.89 bits per heavy atom. The molecule has 14 heteroatoms. The smallest absolute Gasteiger partial charge is 0.451 e. The number of aliphatic carboxylic acids is 1. The fourth-order valence-corrected chi connectivity index (χ4v) is 5.11. The molecule has 0 atom stereocenters. The number of aryl methyl sites for hydroxylation is 1. The molecule has 0 unspecified atom stereocenters. The Hall–Kier alpha value is -3.94. The van der Waals surface area contributed by atoms with Crippen LogP contribution in [-0.4, -0.2) is 49.0 Å². The number of carbonyl (C=O) groups is 1. The van der Waals surface area contributed by atoms with Gasteiger partial charge in [0.2, 0.25) is 5.82 Å². The number of alkyl halides is 3. The minimum absolute atomic E-state index is 0.0582. The first-order valence-corrected chi connectivity index (χ1v) is 12.2. The van der Waals surface area contributed by atoms with Crippen molar-refractivity contribution < 1.29 is 32.5 Å². The van der Waals surface area contributed by atoms with Gasteiger partial charge < -0.3 is 24.0 Å². The Labute approximate surface area is 212 Å². The minimum atomic E-state index is -4.58. The summed E-state index contributed by atoms with van der Waals surface area (Å²) in [5, 5.41) is 16.7. The number of benzene rings is 1. The fraction of sp³-hybridized carbons (Fsp3) is 0.348. The summed E-state index contributed by atoms with van der Waals surface area (Å²) in [5.74, 6) is -0.567. The number of carboxylic acid groups (broad SMARTS) is 1. The minimum Gasteiger partial charge on any atom is -0.482 e. The third-order valence-corrected chi connectivity index (χ3v) is 6.69. The molecule has 1 aromatic carbocycles. The molecule has 1 N–H and O–H groups in total. The van der Waals surface area contributed by atoms with Gasteiger partial charge in [-0.1, -0.05) is 13.3 Å². The van der Waals surface area contributed by atoms with Gasteiger partial charge in [-0.25, -0.2) is 4.79 Å². The standard InChI is InChI=1S/C23H21F3N6O4S/c1-2-3-15-10-16-19(31-8-9-32-17(11-31)29-30-21(32)23(24,25)26)27-22(28-20(16)37-15)36-14-6-4-13(5-7-14)35-12-18(33)34/h4-7,10H,2-3,8-9,11-12H2,1H3,(H,33,34). The lowest BCUT2D eigenvalue weighted by atomic mass is 10.2. The van der Waals surface area contributed by atoms with Gasteiger partial charge in [0.25, 0.3) is 0 Å². The van der Waals surface area contributed by atoms with Gasteiger partial charge in [0, 0.05) is 18.0 Å². The van der Waals surface area contributed by atoms with Gasteiger partial charge in [0.1, 0.15) is 22.1 Å². The van der Waals surface area contributed by atoms with Crippen molar-refractivity contribution >= 4 is 33.3 Å². The molecule has 0 saturated heterocycles. The molecular weight excluding hydrogens is 513 g/mol. The van der Waals surface area contributed by atoms with E-state index in [1.54, 1.807) is 24.3 Å². The molecule has 5 rings (SSSR count). The zero-order valence-electron chi connectivity index (χ0n) is 19.5. The normalized spacial score (nSPS) is 13.6. The predicted molar refractivity (Wildman–Crippen MR) is 127 cm³/mol. The van der Waals surface area contributed by atoms with Crippen LogP contribution in [0.15, 0.2) is 30.3 Å². The van der Waals surface area contributed by atoms with Crippen molar-refractivity contribution in [1.29, 1.82) is 0 Å². The number of hydrogen-bond donors (Lipinski definition) is 1. The molecule has 0 radical (unpaired) electrons. The summed E-state index contributed by atoms with van der Waals surface area (Å²) < 4.78 is 51.9. The van der Waals surface area contributed by atoms with Gasteiger partial charge in [0.05, 0.1) is 11.9 Å². The van der Waals surface area contributed by atoms with Crippen LogP contribution in [0.4, 0.5) is 19.0 Å². The summed E-state index contributed by atoms with van der Waals surface area (Å²) in [7, 11) is 0. The average Bonchev–Trinajstić information content (AvgIpc) is 3.46. The highest BCUT2D eigenvalue weighted by Crippen LogP contribution is 2.36. The van der Waals surface area contributed by atoms with E-state index in [4.69, 9.17) is 14.6 Å². The molecule has 1 aliphatic heterocycles. The quantitative estimate of drug-likeness (QED) is 0.348. The number of halogens is 3. The van der Waals surface area contributed by atoms with Crippen molar-refractivity contribution in [3.05, 3.63) is 46.9 Å². The van der Waals surface area contributed by atoms with Gasteiger partial charge in [-0.05, 0) is 36.8 Å². The van der Waals surface area contributed by atoms with Crippen molar-refractivity contribution in [3.63, 3.8) is 0 Å². The van der Waals surface area contributed by atoms with Gasteiger partial charge in [-0.2, -0.15) is 23.1 Å². The van der Waals surface area contributed by atoms with Crippen LogP contribution in [0.25, 0.3) is 10.2 Å². The topological polar surface area (TPSA) is 115 Å². The number of ether oxygens (including phenoxy) is 2. The summed E-state index contributed by atoms with van der Waals surface area (Å²) >= 11 is 1.51. The highest BCUT2D eigenvalue weighted by Gasteiger charge is 2.39. The lowest BCUT2D eigenvalue weighted by Gasteiger charge is -2.29. The number of hydrogen-bond acceptors (Lipinski definition) is 9. The molecule has 0 amide bonds. The van der Waals surface area contributed by atoms with Gasteiger partial charge in [-0.3, -0.25) is 0 Å². The second kappa shape index (κ2) is 9.84. The highest BCUT2D eigenvalue weighted by molar-refractivity contribution is 7.18. The first kappa shape index (κ1) is 24.7. The van der Waals surface area contributed by atoms with Crippen molar-refractivity contribution in [2.75, 3.05) is 18.1 Å². The number of nitrogens with zero attached hydrogens (tertiary/aromatic N) is 6. The monoisotopic (exact) mass is 534 g/mol. The van der Waals surface area contributed by atoms with E-state index in [1.807, 2.05) is 11.0 Å². The average molecular weight is 535 g/mol. The molecule has 37 heavy (non-hydrogen) atoms. The van der Waals surface area contributed by atoms with Crippen LogP contribution < -0.4 is 14.4 Å².